The number of rotatable bonds is 6. The van der Waals surface area contributed by atoms with Crippen molar-refractivity contribution in [1.82, 2.24) is 9.80 Å². The number of likely N-dealkylation sites (tertiary alicyclic amines) is 1. The van der Waals surface area contributed by atoms with Crippen LogP contribution in [0.3, 0.4) is 0 Å². The third kappa shape index (κ3) is 4.67. The molecular weight excluding hydrogens is 332 g/mol. The zero-order chi connectivity index (χ0) is 19.1. The molecule has 0 spiro atoms. The fourth-order valence-corrected chi connectivity index (χ4v) is 2.95. The highest BCUT2D eigenvalue weighted by atomic mass is 16.5. The number of methoxy groups -OCH3 is 2. The molecule has 1 aromatic carbocycles. The number of ether oxygens (including phenoxy) is 2. The lowest BCUT2D eigenvalue weighted by Crippen LogP contribution is -2.44. The standard InChI is InChI=1S/C19H26N4O3/c1-22-9-7-15(8-10-22)23(2)19(24)14(12-20)13-21-17-6-5-16(25-3)11-18(17)26-4/h5-6,11,13,15,21H,7-10H2,1-4H3/b14-13-. The van der Waals surface area contributed by atoms with E-state index in [0.29, 0.717) is 17.2 Å². The number of carbonyl (C=O) groups is 1. The molecule has 0 atom stereocenters. The molecule has 26 heavy (non-hydrogen) atoms. The van der Waals surface area contributed by atoms with Crippen molar-refractivity contribution in [2.45, 2.75) is 18.9 Å². The van der Waals surface area contributed by atoms with E-state index in [9.17, 15) is 10.1 Å². The number of hydrogen-bond acceptors (Lipinski definition) is 6. The van der Waals surface area contributed by atoms with Gasteiger partial charge in [0, 0.05) is 25.4 Å². The van der Waals surface area contributed by atoms with Gasteiger partial charge in [-0.3, -0.25) is 4.79 Å². The Morgan fingerprint density at radius 2 is 2.04 bits per heavy atom. The van der Waals surface area contributed by atoms with Crippen LogP contribution < -0.4 is 14.8 Å². The Balaban J connectivity index is 2.10. The number of amides is 1. The molecule has 0 aromatic heterocycles. The van der Waals surface area contributed by atoms with Crippen LogP contribution in [0.2, 0.25) is 0 Å². The molecule has 1 N–H and O–H groups in total. The van der Waals surface area contributed by atoms with Gasteiger partial charge in [0.1, 0.15) is 23.1 Å². The summed E-state index contributed by atoms with van der Waals surface area (Å²) in [4.78, 5) is 16.6. The minimum absolute atomic E-state index is 0.0595. The lowest BCUT2D eigenvalue weighted by atomic mass is 10.0. The largest absolute Gasteiger partial charge is 0.497 e. The SMILES string of the molecule is COc1ccc(N/C=C(/C#N)C(=O)N(C)C2CCN(C)CC2)c(OC)c1. The highest BCUT2D eigenvalue weighted by molar-refractivity contribution is 5.97. The molecule has 0 radical (unpaired) electrons. The lowest BCUT2D eigenvalue weighted by Gasteiger charge is -2.35. The smallest absolute Gasteiger partial charge is 0.266 e. The highest BCUT2D eigenvalue weighted by Crippen LogP contribution is 2.29. The van der Waals surface area contributed by atoms with E-state index in [2.05, 4.69) is 17.3 Å². The van der Waals surface area contributed by atoms with Gasteiger partial charge in [-0.1, -0.05) is 0 Å². The van der Waals surface area contributed by atoms with Gasteiger partial charge in [-0.05, 0) is 45.1 Å². The maximum Gasteiger partial charge on any atom is 0.266 e. The minimum atomic E-state index is -0.276. The van der Waals surface area contributed by atoms with Crippen molar-refractivity contribution >= 4 is 11.6 Å². The first-order valence-electron chi connectivity index (χ1n) is 8.54. The number of nitrogens with zero attached hydrogens (tertiary/aromatic N) is 3. The van der Waals surface area contributed by atoms with Crippen molar-refractivity contribution in [3.8, 4) is 17.6 Å². The maximum absolute atomic E-state index is 12.7. The van der Waals surface area contributed by atoms with Crippen molar-refractivity contribution in [3.63, 3.8) is 0 Å². The Morgan fingerprint density at radius 1 is 1.35 bits per heavy atom. The second-order valence-corrected chi connectivity index (χ2v) is 6.33. The van der Waals surface area contributed by atoms with Gasteiger partial charge in [-0.25, -0.2) is 0 Å². The second kappa shape index (κ2) is 9.11. The van der Waals surface area contributed by atoms with E-state index in [1.807, 2.05) is 6.07 Å². The van der Waals surface area contributed by atoms with Gasteiger partial charge >= 0.3 is 0 Å². The van der Waals surface area contributed by atoms with Crippen molar-refractivity contribution < 1.29 is 14.3 Å². The summed E-state index contributed by atoms with van der Waals surface area (Å²) in [6, 6.07) is 7.43. The van der Waals surface area contributed by atoms with Crippen LogP contribution in [0.1, 0.15) is 12.8 Å². The molecule has 0 saturated carbocycles. The van der Waals surface area contributed by atoms with E-state index in [-0.39, 0.29) is 17.5 Å². The number of likely N-dealkylation sites (N-methyl/N-ethyl adjacent to an activating group) is 1. The summed E-state index contributed by atoms with van der Waals surface area (Å²) in [5.74, 6) is 0.950. The summed E-state index contributed by atoms with van der Waals surface area (Å²) in [6.45, 7) is 1.91. The lowest BCUT2D eigenvalue weighted by molar-refractivity contribution is -0.128. The van der Waals surface area contributed by atoms with Gasteiger partial charge in [0.2, 0.25) is 0 Å². The zero-order valence-corrected chi connectivity index (χ0v) is 15.8. The molecule has 2 rings (SSSR count). The average molecular weight is 358 g/mol. The molecule has 7 nitrogen and oxygen atoms in total. The van der Waals surface area contributed by atoms with Crippen molar-refractivity contribution in [2.24, 2.45) is 0 Å². The Morgan fingerprint density at radius 3 is 2.62 bits per heavy atom. The Hall–Kier alpha value is -2.72. The summed E-state index contributed by atoms with van der Waals surface area (Å²) in [6.07, 6.45) is 3.26. The molecule has 1 aliphatic rings. The molecule has 0 unspecified atom stereocenters. The number of hydrogen-bond donors (Lipinski definition) is 1. The normalized spacial score (nSPS) is 15.9. The van der Waals surface area contributed by atoms with Crippen molar-refractivity contribution in [1.29, 1.82) is 5.26 Å². The maximum atomic E-state index is 12.7. The Labute approximate surface area is 154 Å². The van der Waals surface area contributed by atoms with Crippen LogP contribution in [0.15, 0.2) is 30.0 Å². The van der Waals surface area contributed by atoms with Gasteiger partial charge in [0.15, 0.2) is 0 Å². The summed E-state index contributed by atoms with van der Waals surface area (Å²) in [5.41, 5.74) is 0.708. The van der Waals surface area contributed by atoms with E-state index in [1.54, 1.807) is 44.4 Å². The Bertz CT molecular complexity index is 703. The monoisotopic (exact) mass is 358 g/mol. The molecule has 7 heteroatoms. The Kier molecular flexibility index (Phi) is 6.87. The van der Waals surface area contributed by atoms with Gasteiger partial charge in [-0.15, -0.1) is 0 Å². The third-order valence-electron chi connectivity index (χ3n) is 4.69. The first kappa shape index (κ1) is 19.6. The predicted octanol–water partition coefficient (Wildman–Crippen LogP) is 2.08. The zero-order valence-electron chi connectivity index (χ0n) is 15.8. The fraction of sp³-hybridized carbons (Fsp3) is 0.474. The van der Waals surface area contributed by atoms with Gasteiger partial charge in [0.05, 0.1) is 19.9 Å². The third-order valence-corrected chi connectivity index (χ3v) is 4.69. The molecule has 1 fully saturated rings. The topological polar surface area (TPSA) is 77.8 Å². The number of nitrogens with one attached hydrogen (secondary N) is 1. The highest BCUT2D eigenvalue weighted by Gasteiger charge is 2.26. The molecule has 1 amide bonds. The minimum Gasteiger partial charge on any atom is -0.497 e. The molecule has 1 heterocycles. The first-order valence-corrected chi connectivity index (χ1v) is 8.54. The number of piperidine rings is 1. The molecule has 140 valence electrons. The van der Waals surface area contributed by atoms with E-state index >= 15 is 0 Å². The average Bonchev–Trinajstić information content (AvgIpc) is 2.68. The van der Waals surface area contributed by atoms with Crippen LogP contribution in [0.5, 0.6) is 11.5 Å². The van der Waals surface area contributed by atoms with E-state index in [4.69, 9.17) is 9.47 Å². The van der Waals surface area contributed by atoms with Crippen molar-refractivity contribution in [3.05, 3.63) is 30.0 Å². The van der Waals surface area contributed by atoms with Crippen molar-refractivity contribution in [2.75, 3.05) is 46.7 Å². The number of carbonyl (C=O) groups excluding carboxylic acids is 1. The van der Waals surface area contributed by atoms with Crippen LogP contribution in [-0.4, -0.2) is 63.2 Å². The first-order chi connectivity index (χ1) is 12.5. The predicted molar refractivity (Wildman–Crippen MR) is 100 cm³/mol. The number of benzene rings is 1. The van der Waals surface area contributed by atoms with Crippen LogP contribution in [-0.2, 0) is 4.79 Å². The summed E-state index contributed by atoms with van der Waals surface area (Å²) in [7, 11) is 6.96. The van der Waals surface area contributed by atoms with Gasteiger partial charge < -0.3 is 24.6 Å². The second-order valence-electron chi connectivity index (χ2n) is 6.33. The summed E-state index contributed by atoms with van der Waals surface area (Å²) >= 11 is 0. The van der Waals surface area contributed by atoms with Crippen LogP contribution in [0.25, 0.3) is 0 Å². The molecule has 1 saturated heterocycles. The van der Waals surface area contributed by atoms with Gasteiger partial charge in [-0.2, -0.15) is 5.26 Å². The van der Waals surface area contributed by atoms with Crippen LogP contribution in [0, 0.1) is 11.3 Å². The van der Waals surface area contributed by atoms with Gasteiger partial charge in [0.25, 0.3) is 5.91 Å². The molecule has 0 aliphatic carbocycles. The fourth-order valence-electron chi connectivity index (χ4n) is 2.95. The quantitative estimate of drug-likeness (QED) is 0.620. The van der Waals surface area contributed by atoms with E-state index in [1.165, 1.54) is 6.20 Å². The van der Waals surface area contributed by atoms with Crippen LogP contribution in [0.4, 0.5) is 5.69 Å². The molecular formula is C19H26N4O3. The number of nitriles is 1. The molecule has 1 aromatic rings. The molecule has 0 bridgehead atoms. The molecule has 1 aliphatic heterocycles. The van der Waals surface area contributed by atoms with Crippen LogP contribution >= 0.6 is 0 Å². The number of anilines is 1. The summed E-state index contributed by atoms with van der Waals surface area (Å²) in [5, 5.41) is 12.4. The summed E-state index contributed by atoms with van der Waals surface area (Å²) < 4.78 is 10.5. The van der Waals surface area contributed by atoms with E-state index in [0.717, 1.165) is 25.9 Å². The van der Waals surface area contributed by atoms with E-state index < -0.39 is 0 Å².